The van der Waals surface area contributed by atoms with E-state index in [-0.39, 0.29) is 16.6 Å². The molecule has 6 heterocycles. The molecule has 0 bridgehead atoms. The molecule has 2 saturated carbocycles. The molecule has 0 radical (unpaired) electrons. The van der Waals surface area contributed by atoms with Gasteiger partial charge in [-0.15, -0.1) is 0 Å². The molecular weight excluding hydrogens is 773 g/mol. The molecule has 11 rings (SSSR count). The molecule has 5 aromatic rings. The molecule has 1 aromatic carbocycles. The summed E-state index contributed by atoms with van der Waals surface area (Å²) in [4.78, 5) is 30.1. The van der Waals surface area contributed by atoms with Crippen LogP contribution in [0.25, 0.3) is 12.2 Å². The molecule has 9 heteroatoms. The molecule has 320 valence electrons. The summed E-state index contributed by atoms with van der Waals surface area (Å²) in [6, 6.07) is 27.2. The number of aromatic nitrogens is 4. The smallest absolute Gasteiger partial charge is 0.168 e. The predicted molar refractivity (Wildman–Crippen MR) is 238 cm³/mol. The van der Waals surface area contributed by atoms with Gasteiger partial charge in [0.15, 0.2) is 17.9 Å². The SMILES string of the molecule is C(=C\c1cc2c(cn1)[C@]1(Cc3ccccn3)CCC3(C[C@H]1CCC2)OCCO3)/c1ccccc1.O=Cc1cc2c(cn1)[C@]1(Cc3ccccn3)CCC3(C[C@H]1CCC2)OCCO3. The maximum atomic E-state index is 11.3. The topological polar surface area (TPSA) is 106 Å². The minimum atomic E-state index is -0.404. The van der Waals surface area contributed by atoms with Crippen molar-refractivity contribution in [2.45, 2.75) is 112 Å². The lowest BCUT2D eigenvalue weighted by atomic mass is 9.58. The maximum Gasteiger partial charge on any atom is 0.168 e. The molecule has 2 spiro atoms. The zero-order chi connectivity index (χ0) is 41.9. The molecule has 4 fully saturated rings. The van der Waals surface area contributed by atoms with Gasteiger partial charge in [0, 0.05) is 72.7 Å². The van der Waals surface area contributed by atoms with Crippen molar-refractivity contribution in [2.75, 3.05) is 26.4 Å². The van der Waals surface area contributed by atoms with Crippen LogP contribution >= 0.6 is 0 Å². The fourth-order valence-corrected chi connectivity index (χ4v) is 12.2. The predicted octanol–water partition coefficient (Wildman–Crippen LogP) is 9.66. The van der Waals surface area contributed by atoms with Crippen LogP contribution in [0.15, 0.2) is 104 Å². The molecule has 9 nitrogen and oxygen atoms in total. The van der Waals surface area contributed by atoms with Gasteiger partial charge in [0.1, 0.15) is 5.69 Å². The standard InChI is InChI=1S/C30H32N2O2.C23H26N2O3/c1-2-7-23(8-3-1)12-13-26-19-24-9-6-10-25-20-30(33-17-18-34-30)15-14-29(25,28(24)22-32-26)21-27-11-4-5-16-31-27;26-16-20-12-17-4-3-5-18-13-23(27-10-11-28-23)8-7-22(18,21(17)15-25-20)14-19-6-1-2-9-24-19/h1-5,7-8,11-13,16,19,22,25H,6,9-10,14-15,17-18,20-21H2;1-2,6,9,12,15-16,18H,3-5,7-8,10-11,13-14H2/b13-12+;/t25-,29+;18-,22+/m11/s1. The van der Waals surface area contributed by atoms with Gasteiger partial charge < -0.3 is 18.9 Å². The molecule has 4 aliphatic carbocycles. The number of fused-ring (bicyclic) bond motifs is 6. The average Bonchev–Trinajstić information content (AvgIpc) is 3.91. The number of ether oxygens (including phenoxy) is 4. The van der Waals surface area contributed by atoms with E-state index in [1.165, 1.54) is 40.7 Å². The van der Waals surface area contributed by atoms with Gasteiger partial charge in [-0.3, -0.25) is 24.7 Å². The normalized spacial score (nSPS) is 26.9. The Morgan fingerprint density at radius 3 is 1.56 bits per heavy atom. The van der Waals surface area contributed by atoms with Gasteiger partial charge in [-0.25, -0.2) is 0 Å². The zero-order valence-corrected chi connectivity index (χ0v) is 35.8. The maximum absolute atomic E-state index is 11.3. The first-order chi connectivity index (χ1) is 30.5. The van der Waals surface area contributed by atoms with Crippen LogP contribution < -0.4 is 0 Å². The Morgan fingerprint density at radius 1 is 0.565 bits per heavy atom. The second-order valence-electron chi connectivity index (χ2n) is 18.5. The number of hydrogen-bond acceptors (Lipinski definition) is 9. The summed E-state index contributed by atoms with van der Waals surface area (Å²) in [5.41, 5.74) is 10.5. The first-order valence-corrected chi connectivity index (χ1v) is 23.0. The summed E-state index contributed by atoms with van der Waals surface area (Å²) < 4.78 is 24.6. The fourth-order valence-electron chi connectivity index (χ4n) is 12.2. The summed E-state index contributed by atoms with van der Waals surface area (Å²) in [7, 11) is 0. The minimum Gasteiger partial charge on any atom is -0.348 e. The van der Waals surface area contributed by atoms with Crippen molar-refractivity contribution in [1.29, 1.82) is 0 Å². The highest BCUT2D eigenvalue weighted by Gasteiger charge is 2.55. The van der Waals surface area contributed by atoms with E-state index in [4.69, 9.17) is 28.9 Å². The van der Waals surface area contributed by atoms with Gasteiger partial charge in [-0.2, -0.15) is 0 Å². The van der Waals surface area contributed by atoms with Crippen molar-refractivity contribution in [1.82, 2.24) is 19.9 Å². The molecule has 0 N–H and O–H groups in total. The Bertz CT molecular complexity index is 2350. The van der Waals surface area contributed by atoms with Crippen LogP contribution in [0.4, 0.5) is 0 Å². The van der Waals surface area contributed by atoms with Gasteiger partial charge in [0.25, 0.3) is 0 Å². The van der Waals surface area contributed by atoms with Gasteiger partial charge >= 0.3 is 0 Å². The van der Waals surface area contributed by atoms with Crippen molar-refractivity contribution < 1.29 is 23.7 Å². The molecule has 4 aromatic heterocycles. The highest BCUT2D eigenvalue weighted by atomic mass is 16.7. The number of benzene rings is 1. The molecular formula is C53H58N4O5. The number of rotatable bonds is 7. The minimum absolute atomic E-state index is 0.0232. The van der Waals surface area contributed by atoms with E-state index >= 15 is 0 Å². The average molecular weight is 831 g/mol. The molecule has 6 aliphatic rings. The van der Waals surface area contributed by atoms with Gasteiger partial charge in [-0.1, -0.05) is 48.5 Å². The molecule has 4 atom stereocenters. The van der Waals surface area contributed by atoms with Crippen molar-refractivity contribution >= 4 is 18.4 Å². The second-order valence-corrected chi connectivity index (χ2v) is 18.5. The van der Waals surface area contributed by atoms with Crippen molar-refractivity contribution in [2.24, 2.45) is 11.8 Å². The summed E-state index contributed by atoms with van der Waals surface area (Å²) in [6.07, 6.45) is 27.4. The molecule has 0 unspecified atom stereocenters. The van der Waals surface area contributed by atoms with Crippen LogP contribution in [0.1, 0.15) is 120 Å². The van der Waals surface area contributed by atoms with Crippen molar-refractivity contribution in [3.8, 4) is 0 Å². The van der Waals surface area contributed by atoms with E-state index in [1.54, 1.807) is 0 Å². The number of aryl methyl sites for hydroxylation is 2. The largest absolute Gasteiger partial charge is 0.348 e. The third-order valence-electron chi connectivity index (χ3n) is 15.1. The van der Waals surface area contributed by atoms with Gasteiger partial charge in [-0.05, 0) is 146 Å². The van der Waals surface area contributed by atoms with E-state index in [2.05, 4.69) is 82.9 Å². The van der Waals surface area contributed by atoms with Crippen LogP contribution in [0.2, 0.25) is 0 Å². The van der Waals surface area contributed by atoms with Crippen LogP contribution in [-0.2, 0) is 55.5 Å². The molecule has 2 aliphatic heterocycles. The van der Waals surface area contributed by atoms with E-state index in [0.29, 0.717) is 30.7 Å². The van der Waals surface area contributed by atoms with Crippen LogP contribution in [0.5, 0.6) is 0 Å². The van der Waals surface area contributed by atoms with Crippen molar-refractivity contribution in [3.63, 3.8) is 0 Å². The number of carbonyl (C=O) groups excluding carboxylic acids is 1. The Labute approximate surface area is 365 Å². The Balaban J connectivity index is 0.000000151. The number of aldehydes is 1. The summed E-state index contributed by atoms with van der Waals surface area (Å²) in [6.45, 7) is 2.83. The lowest BCUT2D eigenvalue weighted by Gasteiger charge is -2.49. The summed E-state index contributed by atoms with van der Waals surface area (Å²) in [5, 5.41) is 0. The van der Waals surface area contributed by atoms with Crippen molar-refractivity contribution in [3.05, 3.63) is 154 Å². The highest BCUT2D eigenvalue weighted by molar-refractivity contribution is 5.72. The summed E-state index contributed by atoms with van der Waals surface area (Å²) in [5.74, 6) is 0.162. The quantitative estimate of drug-likeness (QED) is 0.148. The van der Waals surface area contributed by atoms with E-state index in [1.807, 2.05) is 42.9 Å². The molecule has 2 saturated heterocycles. The van der Waals surface area contributed by atoms with Crippen LogP contribution in [0.3, 0.4) is 0 Å². The Morgan fingerprint density at radius 2 is 1.06 bits per heavy atom. The second kappa shape index (κ2) is 17.7. The summed E-state index contributed by atoms with van der Waals surface area (Å²) >= 11 is 0. The lowest BCUT2D eigenvalue weighted by Crippen LogP contribution is -2.49. The third kappa shape index (κ3) is 8.21. The van der Waals surface area contributed by atoms with E-state index in [0.717, 1.165) is 114 Å². The highest BCUT2D eigenvalue weighted by Crippen LogP contribution is 2.56. The lowest BCUT2D eigenvalue weighted by molar-refractivity contribution is -0.199. The first-order valence-electron chi connectivity index (χ1n) is 23.0. The fraction of sp³-hybridized carbons (Fsp3) is 0.453. The van der Waals surface area contributed by atoms with Gasteiger partial charge in [0.2, 0.25) is 0 Å². The van der Waals surface area contributed by atoms with E-state index in [9.17, 15) is 4.79 Å². The zero-order valence-electron chi connectivity index (χ0n) is 35.8. The number of carbonyl (C=O) groups is 1. The van der Waals surface area contributed by atoms with Crippen LogP contribution in [-0.4, -0.2) is 64.2 Å². The molecule has 62 heavy (non-hydrogen) atoms. The first kappa shape index (κ1) is 41.1. The number of hydrogen-bond donors (Lipinski definition) is 0. The van der Waals surface area contributed by atoms with Crippen LogP contribution in [0, 0.1) is 11.8 Å². The molecule has 0 amide bonds. The van der Waals surface area contributed by atoms with E-state index < -0.39 is 5.79 Å². The monoisotopic (exact) mass is 830 g/mol. The van der Waals surface area contributed by atoms with Gasteiger partial charge in [0.05, 0.1) is 32.1 Å². The number of pyridine rings is 4. The Hall–Kier alpha value is -4.93. The number of nitrogens with zero attached hydrogens (tertiary/aromatic N) is 4. The third-order valence-corrected chi connectivity index (χ3v) is 15.1. The Kier molecular flexibility index (Phi) is 11.7.